The number of methoxy groups -OCH3 is 1. The average molecular weight is 393 g/mol. The van der Waals surface area contributed by atoms with Gasteiger partial charge in [0.2, 0.25) is 5.95 Å². The van der Waals surface area contributed by atoms with E-state index in [2.05, 4.69) is 33.8 Å². The second-order valence-corrected chi connectivity index (χ2v) is 6.72. The third kappa shape index (κ3) is 8.48. The maximum Gasteiger partial charge on any atom is 0.230 e. The van der Waals surface area contributed by atoms with Gasteiger partial charge in [0.05, 0.1) is 7.11 Å². The standard InChI is InChI=1S/C19H27ClN4O.C2H6/c1-13(15(3)25-4)11-14(2)21-19-23-17(20)12-18(24-19)22-16-9-7-5-6-8-10-16;1-2/h11-12,16H,2-3,5-10H2,1,4H3,(H2,21,22,23,24);1-2H3/b13-11-;. The molecule has 0 saturated heterocycles. The van der Waals surface area contributed by atoms with Crippen LogP contribution in [0.1, 0.15) is 59.3 Å². The smallest absolute Gasteiger partial charge is 0.230 e. The molecule has 0 bridgehead atoms. The van der Waals surface area contributed by atoms with Gasteiger partial charge in [0, 0.05) is 17.8 Å². The van der Waals surface area contributed by atoms with Crippen LogP contribution in [0.25, 0.3) is 0 Å². The first kappa shape index (κ1) is 23.0. The van der Waals surface area contributed by atoms with Crippen molar-refractivity contribution in [3.8, 4) is 0 Å². The molecule has 2 rings (SSSR count). The lowest BCUT2D eigenvalue weighted by Gasteiger charge is -2.17. The van der Waals surface area contributed by atoms with E-state index in [0.717, 1.165) is 24.2 Å². The van der Waals surface area contributed by atoms with Crippen LogP contribution < -0.4 is 10.6 Å². The minimum Gasteiger partial charge on any atom is -0.497 e. The molecule has 0 unspecified atom stereocenters. The number of hydrogen-bond donors (Lipinski definition) is 2. The summed E-state index contributed by atoms with van der Waals surface area (Å²) in [5.41, 5.74) is 1.51. The summed E-state index contributed by atoms with van der Waals surface area (Å²) in [6.07, 6.45) is 9.30. The molecule has 1 aromatic rings. The quantitative estimate of drug-likeness (QED) is 0.246. The van der Waals surface area contributed by atoms with Crippen LogP contribution in [0.2, 0.25) is 5.15 Å². The zero-order chi connectivity index (χ0) is 20.2. The molecule has 27 heavy (non-hydrogen) atoms. The molecule has 1 saturated carbocycles. The fourth-order valence-corrected chi connectivity index (χ4v) is 3.05. The Bertz CT molecular complexity index is 650. The van der Waals surface area contributed by atoms with Gasteiger partial charge < -0.3 is 15.4 Å². The Balaban J connectivity index is 0.00000176. The van der Waals surface area contributed by atoms with E-state index in [0.29, 0.717) is 28.6 Å². The number of hydrogen-bond acceptors (Lipinski definition) is 5. The van der Waals surface area contributed by atoms with E-state index in [1.165, 1.54) is 25.7 Å². The van der Waals surface area contributed by atoms with Gasteiger partial charge in [0.25, 0.3) is 0 Å². The highest BCUT2D eigenvalue weighted by molar-refractivity contribution is 6.29. The van der Waals surface area contributed by atoms with Crippen molar-refractivity contribution in [3.63, 3.8) is 0 Å². The van der Waals surface area contributed by atoms with Crippen molar-refractivity contribution in [2.45, 2.75) is 65.3 Å². The molecule has 1 aromatic heterocycles. The normalized spacial score (nSPS) is 15.1. The van der Waals surface area contributed by atoms with Crippen molar-refractivity contribution in [3.05, 3.63) is 47.5 Å². The molecule has 0 aliphatic heterocycles. The predicted octanol–water partition coefficient (Wildman–Crippen LogP) is 6.32. The van der Waals surface area contributed by atoms with Gasteiger partial charge in [0.1, 0.15) is 16.7 Å². The molecule has 0 atom stereocenters. The molecule has 5 nitrogen and oxygen atoms in total. The van der Waals surface area contributed by atoms with Gasteiger partial charge >= 0.3 is 0 Å². The minimum atomic E-state index is 0.392. The zero-order valence-corrected chi connectivity index (χ0v) is 17.8. The number of nitrogens with zero attached hydrogens (tertiary/aromatic N) is 2. The number of allylic oxidation sites excluding steroid dienone is 2. The summed E-state index contributed by atoms with van der Waals surface area (Å²) >= 11 is 6.15. The van der Waals surface area contributed by atoms with Crippen molar-refractivity contribution in [2.75, 3.05) is 17.7 Å². The summed E-state index contributed by atoms with van der Waals surface area (Å²) in [6, 6.07) is 2.20. The average Bonchev–Trinajstić information content (AvgIpc) is 2.90. The molecule has 0 radical (unpaired) electrons. The highest BCUT2D eigenvalue weighted by Gasteiger charge is 2.13. The monoisotopic (exact) mass is 392 g/mol. The minimum absolute atomic E-state index is 0.392. The van der Waals surface area contributed by atoms with Crippen LogP contribution in [0.4, 0.5) is 11.8 Å². The van der Waals surface area contributed by atoms with Gasteiger partial charge in [-0.25, -0.2) is 4.98 Å². The predicted molar refractivity (Wildman–Crippen MR) is 116 cm³/mol. The van der Waals surface area contributed by atoms with E-state index in [9.17, 15) is 0 Å². The number of anilines is 2. The van der Waals surface area contributed by atoms with Crippen molar-refractivity contribution in [2.24, 2.45) is 0 Å². The molecule has 150 valence electrons. The van der Waals surface area contributed by atoms with E-state index in [1.807, 2.05) is 26.8 Å². The summed E-state index contributed by atoms with van der Waals surface area (Å²) in [5.74, 6) is 1.75. The van der Waals surface area contributed by atoms with Crippen molar-refractivity contribution in [1.82, 2.24) is 9.97 Å². The molecule has 6 heteroatoms. The van der Waals surface area contributed by atoms with E-state index in [4.69, 9.17) is 16.3 Å². The first-order valence-corrected chi connectivity index (χ1v) is 10.0. The second kappa shape index (κ2) is 12.4. The van der Waals surface area contributed by atoms with Gasteiger partial charge in [-0.2, -0.15) is 4.98 Å². The largest absolute Gasteiger partial charge is 0.497 e. The Morgan fingerprint density at radius 1 is 1.19 bits per heavy atom. The highest BCUT2D eigenvalue weighted by Crippen LogP contribution is 2.22. The van der Waals surface area contributed by atoms with Crippen LogP contribution in [-0.2, 0) is 4.74 Å². The highest BCUT2D eigenvalue weighted by atomic mass is 35.5. The fraction of sp³-hybridized carbons (Fsp3) is 0.524. The molecule has 1 aliphatic rings. The van der Waals surface area contributed by atoms with Crippen molar-refractivity contribution >= 4 is 23.4 Å². The number of rotatable bonds is 7. The Kier molecular flexibility index (Phi) is 10.6. The van der Waals surface area contributed by atoms with Crippen LogP contribution >= 0.6 is 11.6 Å². The van der Waals surface area contributed by atoms with Crippen molar-refractivity contribution < 1.29 is 4.74 Å². The molecule has 2 N–H and O–H groups in total. The third-order valence-corrected chi connectivity index (χ3v) is 4.45. The van der Waals surface area contributed by atoms with Crippen LogP contribution in [0, 0.1) is 0 Å². The summed E-state index contributed by atoms with van der Waals surface area (Å²) in [6.45, 7) is 13.7. The fourth-order valence-electron chi connectivity index (χ4n) is 2.86. The number of nitrogens with one attached hydrogen (secondary N) is 2. The maximum absolute atomic E-state index is 6.15. The topological polar surface area (TPSA) is 59.1 Å². The van der Waals surface area contributed by atoms with E-state index in [-0.39, 0.29) is 0 Å². The number of halogens is 1. The van der Waals surface area contributed by atoms with Gasteiger partial charge in [-0.3, -0.25) is 0 Å². The Morgan fingerprint density at radius 2 is 1.81 bits per heavy atom. The first-order valence-electron chi connectivity index (χ1n) is 9.66. The molecule has 0 aromatic carbocycles. The Labute approximate surface area is 169 Å². The van der Waals surface area contributed by atoms with E-state index >= 15 is 0 Å². The van der Waals surface area contributed by atoms with Gasteiger partial charge in [-0.1, -0.05) is 64.3 Å². The lowest BCUT2D eigenvalue weighted by Crippen LogP contribution is -2.19. The maximum atomic E-state index is 6.15. The molecule has 1 aliphatic carbocycles. The molecule has 1 fully saturated rings. The van der Waals surface area contributed by atoms with Gasteiger partial charge in [-0.05, 0) is 31.4 Å². The molecule has 0 spiro atoms. The van der Waals surface area contributed by atoms with Gasteiger partial charge in [0.15, 0.2) is 0 Å². The Hall–Kier alpha value is -2.01. The zero-order valence-electron chi connectivity index (χ0n) is 17.1. The van der Waals surface area contributed by atoms with E-state index in [1.54, 1.807) is 13.2 Å². The number of aromatic nitrogens is 2. The molecule has 0 amide bonds. The SMILES string of the molecule is C=C(/C=C(/C)C(=C)OC)Nc1nc(Cl)cc(NC2CCCCCC2)n1.CC. The van der Waals surface area contributed by atoms with E-state index < -0.39 is 0 Å². The Morgan fingerprint density at radius 3 is 2.41 bits per heavy atom. The molecular weight excluding hydrogens is 360 g/mol. The van der Waals surface area contributed by atoms with Crippen LogP contribution in [0.15, 0.2) is 42.3 Å². The summed E-state index contributed by atoms with van der Waals surface area (Å²) < 4.78 is 5.10. The first-order chi connectivity index (χ1) is 13.0. The summed E-state index contributed by atoms with van der Waals surface area (Å²) in [7, 11) is 1.58. The second-order valence-electron chi connectivity index (χ2n) is 6.34. The van der Waals surface area contributed by atoms with Crippen molar-refractivity contribution in [1.29, 1.82) is 0 Å². The van der Waals surface area contributed by atoms with Gasteiger partial charge in [-0.15, -0.1) is 0 Å². The van der Waals surface area contributed by atoms with Crippen LogP contribution in [0.5, 0.6) is 0 Å². The summed E-state index contributed by atoms with van der Waals surface area (Å²) in [5, 5.41) is 6.95. The number of ether oxygens (including phenoxy) is 1. The molecule has 1 heterocycles. The lowest BCUT2D eigenvalue weighted by molar-refractivity contribution is 0.303. The molecular formula is C21H33ClN4O. The van der Waals surface area contributed by atoms with Crippen LogP contribution in [-0.4, -0.2) is 23.1 Å². The summed E-state index contributed by atoms with van der Waals surface area (Å²) in [4.78, 5) is 8.73. The third-order valence-electron chi connectivity index (χ3n) is 4.25. The lowest BCUT2D eigenvalue weighted by atomic mass is 10.1. The van der Waals surface area contributed by atoms with Crippen LogP contribution in [0.3, 0.4) is 0 Å².